The van der Waals surface area contributed by atoms with Gasteiger partial charge in [-0.2, -0.15) is 0 Å². The largest absolute Gasteiger partial charge is 0.399 e. The minimum Gasteiger partial charge on any atom is -0.399 e. The van der Waals surface area contributed by atoms with Crippen LogP contribution in [-0.4, -0.2) is 25.0 Å². The van der Waals surface area contributed by atoms with E-state index in [1.807, 2.05) is 0 Å². The highest BCUT2D eigenvalue weighted by atomic mass is 16.2. The topological polar surface area (TPSA) is 96.2 Å². The lowest BCUT2D eigenvalue weighted by molar-refractivity contribution is -0.118. The van der Waals surface area contributed by atoms with Crippen LogP contribution in [0.1, 0.15) is 6.92 Å². The lowest BCUT2D eigenvalue weighted by Crippen LogP contribution is -2.36. The number of carbonyl (C=O) groups excluding carboxylic acids is 2. The highest BCUT2D eigenvalue weighted by molar-refractivity contribution is 5.89. The lowest BCUT2D eigenvalue weighted by Gasteiger charge is -2.08. The van der Waals surface area contributed by atoms with E-state index < -0.39 is 0 Å². The van der Waals surface area contributed by atoms with Crippen molar-refractivity contribution in [3.63, 3.8) is 0 Å². The molecule has 0 radical (unpaired) electrons. The van der Waals surface area contributed by atoms with Crippen LogP contribution in [-0.2, 0) is 4.79 Å². The van der Waals surface area contributed by atoms with Crippen LogP contribution in [0.3, 0.4) is 0 Å². The number of urea groups is 1. The highest BCUT2D eigenvalue weighted by Gasteiger charge is 2.00. The van der Waals surface area contributed by atoms with Crippen molar-refractivity contribution in [2.45, 2.75) is 6.92 Å². The van der Waals surface area contributed by atoms with Crippen molar-refractivity contribution in [3.05, 3.63) is 24.3 Å². The maximum atomic E-state index is 11.4. The number of anilines is 2. The monoisotopic (exact) mass is 236 g/mol. The van der Waals surface area contributed by atoms with Crippen LogP contribution in [0.15, 0.2) is 24.3 Å². The number of nitrogens with one attached hydrogen (secondary N) is 3. The van der Waals surface area contributed by atoms with Crippen molar-refractivity contribution in [1.29, 1.82) is 0 Å². The zero-order valence-corrected chi connectivity index (χ0v) is 9.62. The number of nitrogens with two attached hydrogens (primary N) is 1. The first-order chi connectivity index (χ1) is 8.08. The molecule has 0 heterocycles. The van der Waals surface area contributed by atoms with E-state index in [1.165, 1.54) is 6.92 Å². The summed E-state index contributed by atoms with van der Waals surface area (Å²) in [6.07, 6.45) is 0. The van der Waals surface area contributed by atoms with Crippen LogP contribution in [0.2, 0.25) is 0 Å². The Morgan fingerprint density at radius 3 is 2.59 bits per heavy atom. The molecule has 6 nitrogen and oxygen atoms in total. The average molecular weight is 236 g/mol. The number of carbonyl (C=O) groups is 2. The Labute approximate surface area is 99.6 Å². The summed E-state index contributed by atoms with van der Waals surface area (Å²) < 4.78 is 0. The molecule has 17 heavy (non-hydrogen) atoms. The van der Waals surface area contributed by atoms with E-state index in [0.717, 1.165) is 0 Å². The van der Waals surface area contributed by atoms with Gasteiger partial charge in [-0.1, -0.05) is 6.07 Å². The van der Waals surface area contributed by atoms with Crippen LogP contribution in [0.25, 0.3) is 0 Å². The van der Waals surface area contributed by atoms with Crippen LogP contribution in [0.5, 0.6) is 0 Å². The summed E-state index contributed by atoms with van der Waals surface area (Å²) in [4.78, 5) is 22.0. The number of hydrogen-bond acceptors (Lipinski definition) is 3. The fraction of sp³-hybridized carbons (Fsp3) is 0.273. The first kappa shape index (κ1) is 12.8. The van der Waals surface area contributed by atoms with Gasteiger partial charge in [-0.15, -0.1) is 0 Å². The SMILES string of the molecule is CC(=O)NCCNC(=O)Nc1cccc(N)c1. The number of amides is 3. The average Bonchev–Trinajstić information content (AvgIpc) is 2.24. The number of benzene rings is 1. The molecule has 0 aromatic heterocycles. The van der Waals surface area contributed by atoms with E-state index in [9.17, 15) is 9.59 Å². The molecule has 0 saturated carbocycles. The summed E-state index contributed by atoms with van der Waals surface area (Å²) in [5.41, 5.74) is 6.78. The van der Waals surface area contributed by atoms with Crippen molar-refractivity contribution >= 4 is 23.3 Å². The fourth-order valence-electron chi connectivity index (χ4n) is 1.21. The summed E-state index contributed by atoms with van der Waals surface area (Å²) in [6.45, 7) is 2.19. The quantitative estimate of drug-likeness (QED) is 0.453. The minimum absolute atomic E-state index is 0.122. The van der Waals surface area contributed by atoms with Gasteiger partial charge in [0.2, 0.25) is 5.91 Å². The molecular formula is C11H16N4O2. The molecule has 0 saturated heterocycles. The molecule has 0 fully saturated rings. The second-order valence-electron chi connectivity index (χ2n) is 3.49. The van der Waals surface area contributed by atoms with Crippen molar-refractivity contribution in [3.8, 4) is 0 Å². The molecular weight excluding hydrogens is 220 g/mol. The Kier molecular flexibility index (Phi) is 4.80. The van der Waals surface area contributed by atoms with E-state index in [4.69, 9.17) is 5.73 Å². The summed E-state index contributed by atoms with van der Waals surface area (Å²) in [5, 5.41) is 7.80. The van der Waals surface area contributed by atoms with Gasteiger partial charge in [0.1, 0.15) is 0 Å². The molecule has 92 valence electrons. The number of rotatable bonds is 4. The van der Waals surface area contributed by atoms with Crippen LogP contribution >= 0.6 is 0 Å². The van der Waals surface area contributed by atoms with Gasteiger partial charge in [-0.05, 0) is 18.2 Å². The molecule has 6 heteroatoms. The summed E-state index contributed by atoms with van der Waals surface area (Å²) in [6, 6.07) is 6.56. The summed E-state index contributed by atoms with van der Waals surface area (Å²) >= 11 is 0. The number of nitrogen functional groups attached to an aromatic ring is 1. The maximum absolute atomic E-state index is 11.4. The Morgan fingerprint density at radius 1 is 1.24 bits per heavy atom. The standard InChI is InChI=1S/C11H16N4O2/c1-8(16)13-5-6-14-11(17)15-10-4-2-3-9(12)7-10/h2-4,7H,5-6,12H2,1H3,(H,13,16)(H2,14,15,17). The van der Waals surface area contributed by atoms with Gasteiger partial charge in [-0.3, -0.25) is 4.79 Å². The minimum atomic E-state index is -0.332. The van der Waals surface area contributed by atoms with E-state index >= 15 is 0 Å². The molecule has 5 N–H and O–H groups in total. The van der Waals surface area contributed by atoms with Gasteiger partial charge >= 0.3 is 6.03 Å². The van der Waals surface area contributed by atoms with E-state index in [-0.39, 0.29) is 11.9 Å². The molecule has 1 aromatic carbocycles. The van der Waals surface area contributed by atoms with Crippen molar-refractivity contribution in [2.24, 2.45) is 0 Å². The first-order valence-electron chi connectivity index (χ1n) is 5.23. The Balaban J connectivity index is 2.27. The van der Waals surface area contributed by atoms with Crippen molar-refractivity contribution in [1.82, 2.24) is 10.6 Å². The van der Waals surface area contributed by atoms with Crippen LogP contribution < -0.4 is 21.7 Å². The van der Waals surface area contributed by atoms with Gasteiger partial charge in [0.15, 0.2) is 0 Å². The van der Waals surface area contributed by atoms with Crippen LogP contribution in [0.4, 0.5) is 16.2 Å². The summed E-state index contributed by atoms with van der Waals surface area (Å²) in [5.74, 6) is -0.122. The molecule has 0 atom stereocenters. The van der Waals surface area contributed by atoms with Gasteiger partial charge < -0.3 is 21.7 Å². The lowest BCUT2D eigenvalue weighted by atomic mass is 10.3. The zero-order chi connectivity index (χ0) is 12.7. The zero-order valence-electron chi connectivity index (χ0n) is 9.62. The first-order valence-corrected chi connectivity index (χ1v) is 5.23. The molecule has 0 spiro atoms. The Morgan fingerprint density at radius 2 is 1.94 bits per heavy atom. The molecule has 0 aliphatic heterocycles. The molecule has 1 rings (SSSR count). The third kappa shape index (κ3) is 5.41. The Hall–Kier alpha value is -2.24. The van der Waals surface area contributed by atoms with E-state index in [2.05, 4.69) is 16.0 Å². The van der Waals surface area contributed by atoms with Gasteiger partial charge in [-0.25, -0.2) is 4.79 Å². The molecule has 0 bridgehead atoms. The van der Waals surface area contributed by atoms with Crippen molar-refractivity contribution in [2.75, 3.05) is 24.1 Å². The van der Waals surface area contributed by atoms with E-state index in [0.29, 0.717) is 24.5 Å². The second-order valence-corrected chi connectivity index (χ2v) is 3.49. The smallest absolute Gasteiger partial charge is 0.319 e. The molecule has 0 aliphatic rings. The van der Waals surface area contributed by atoms with E-state index in [1.54, 1.807) is 24.3 Å². The van der Waals surface area contributed by atoms with Gasteiger partial charge in [0.25, 0.3) is 0 Å². The third-order valence-electron chi connectivity index (χ3n) is 1.93. The predicted octanol–water partition coefficient (Wildman–Crippen LogP) is 0.526. The van der Waals surface area contributed by atoms with Gasteiger partial charge in [0.05, 0.1) is 0 Å². The van der Waals surface area contributed by atoms with Gasteiger partial charge in [0, 0.05) is 31.4 Å². The summed E-state index contributed by atoms with van der Waals surface area (Å²) in [7, 11) is 0. The fourth-order valence-corrected chi connectivity index (χ4v) is 1.21. The molecule has 1 aromatic rings. The van der Waals surface area contributed by atoms with Crippen molar-refractivity contribution < 1.29 is 9.59 Å². The maximum Gasteiger partial charge on any atom is 0.319 e. The molecule has 0 unspecified atom stereocenters. The number of hydrogen-bond donors (Lipinski definition) is 4. The second kappa shape index (κ2) is 6.37. The highest BCUT2D eigenvalue weighted by Crippen LogP contribution is 2.11. The predicted molar refractivity (Wildman–Crippen MR) is 66.6 cm³/mol. The van der Waals surface area contributed by atoms with Crippen LogP contribution in [0, 0.1) is 0 Å². The third-order valence-corrected chi connectivity index (χ3v) is 1.93. The Bertz CT molecular complexity index is 406. The molecule has 0 aliphatic carbocycles. The normalized spacial score (nSPS) is 9.47. The molecule has 3 amide bonds.